The molecule has 2 aliphatic rings. The molecular weight excluding hydrogens is 330 g/mol. The second kappa shape index (κ2) is 7.11. The van der Waals surface area contributed by atoms with Gasteiger partial charge in [0.05, 0.1) is 18.6 Å². The molecule has 1 amide bonds. The van der Waals surface area contributed by atoms with Crippen LogP contribution in [0.2, 0.25) is 5.02 Å². The van der Waals surface area contributed by atoms with E-state index in [4.69, 9.17) is 16.3 Å². The molecule has 1 aromatic carbocycles. The van der Waals surface area contributed by atoms with Gasteiger partial charge < -0.3 is 14.7 Å². The molecule has 0 radical (unpaired) electrons. The van der Waals surface area contributed by atoms with Crippen LogP contribution in [0.1, 0.15) is 37.7 Å². The molecular formula is C18H22ClNO4. The van der Waals surface area contributed by atoms with Crippen LogP contribution in [-0.4, -0.2) is 47.7 Å². The lowest BCUT2D eigenvalue weighted by Gasteiger charge is -2.42. The van der Waals surface area contributed by atoms with Crippen molar-refractivity contribution in [2.24, 2.45) is 0 Å². The minimum Gasteiger partial charge on any atom is -0.479 e. The van der Waals surface area contributed by atoms with E-state index < -0.39 is 17.5 Å². The SMILES string of the molecule is O=C(O)C1CN(C(=O)C2(c3cccc(Cl)c3)CCCCC2)CCO1. The number of morpholine rings is 1. The maximum absolute atomic E-state index is 13.4. The van der Waals surface area contributed by atoms with E-state index in [1.165, 1.54) is 0 Å². The fraction of sp³-hybridized carbons (Fsp3) is 0.556. The van der Waals surface area contributed by atoms with E-state index in [0.29, 0.717) is 11.6 Å². The summed E-state index contributed by atoms with van der Waals surface area (Å²) in [5.74, 6) is -1.01. The minimum absolute atomic E-state index is 0.0130. The lowest BCUT2D eigenvalue weighted by Crippen LogP contribution is -2.55. The molecule has 1 saturated heterocycles. The fourth-order valence-electron chi connectivity index (χ4n) is 3.85. The van der Waals surface area contributed by atoms with Gasteiger partial charge >= 0.3 is 5.97 Å². The largest absolute Gasteiger partial charge is 0.479 e. The van der Waals surface area contributed by atoms with Crippen LogP contribution in [0.15, 0.2) is 24.3 Å². The molecule has 1 saturated carbocycles. The van der Waals surface area contributed by atoms with Gasteiger partial charge in [-0.2, -0.15) is 0 Å². The average molecular weight is 352 g/mol. The summed E-state index contributed by atoms with van der Waals surface area (Å²) in [5, 5.41) is 9.81. The number of nitrogens with zero attached hydrogens (tertiary/aromatic N) is 1. The fourth-order valence-corrected chi connectivity index (χ4v) is 4.04. The number of rotatable bonds is 3. The van der Waals surface area contributed by atoms with Gasteiger partial charge in [-0.1, -0.05) is 43.0 Å². The molecule has 6 heteroatoms. The van der Waals surface area contributed by atoms with E-state index in [-0.39, 0.29) is 19.1 Å². The number of aliphatic carboxylic acids is 1. The van der Waals surface area contributed by atoms with Gasteiger partial charge in [0.1, 0.15) is 0 Å². The number of carboxylic acid groups (broad SMARTS) is 1. The van der Waals surface area contributed by atoms with Crippen LogP contribution < -0.4 is 0 Å². The van der Waals surface area contributed by atoms with Crippen molar-refractivity contribution in [2.45, 2.75) is 43.6 Å². The van der Waals surface area contributed by atoms with Gasteiger partial charge in [0.2, 0.25) is 5.91 Å². The van der Waals surface area contributed by atoms with Gasteiger partial charge in [-0.3, -0.25) is 4.79 Å². The molecule has 0 bridgehead atoms. The van der Waals surface area contributed by atoms with Crippen LogP contribution in [0.5, 0.6) is 0 Å². The maximum atomic E-state index is 13.4. The third-order valence-corrected chi connectivity index (χ3v) is 5.36. The van der Waals surface area contributed by atoms with Crippen molar-refractivity contribution in [1.82, 2.24) is 4.90 Å². The van der Waals surface area contributed by atoms with Crippen LogP contribution in [0.3, 0.4) is 0 Å². The first-order valence-electron chi connectivity index (χ1n) is 8.43. The van der Waals surface area contributed by atoms with Crippen molar-refractivity contribution in [2.75, 3.05) is 19.7 Å². The lowest BCUT2D eigenvalue weighted by atomic mass is 9.68. The number of benzene rings is 1. The van der Waals surface area contributed by atoms with Gasteiger partial charge in [-0.05, 0) is 30.5 Å². The van der Waals surface area contributed by atoms with Crippen molar-refractivity contribution < 1.29 is 19.4 Å². The predicted molar refractivity (Wildman–Crippen MR) is 90.2 cm³/mol. The monoisotopic (exact) mass is 351 g/mol. The Kier molecular flexibility index (Phi) is 5.11. The van der Waals surface area contributed by atoms with E-state index in [1.807, 2.05) is 18.2 Å². The van der Waals surface area contributed by atoms with Crippen molar-refractivity contribution >= 4 is 23.5 Å². The number of ether oxygens (including phenoxy) is 1. The number of amides is 1. The Morgan fingerprint density at radius 3 is 2.67 bits per heavy atom. The summed E-state index contributed by atoms with van der Waals surface area (Å²) in [6.07, 6.45) is 3.72. The number of hydrogen-bond acceptors (Lipinski definition) is 3. The summed E-state index contributed by atoms with van der Waals surface area (Å²) < 4.78 is 5.25. The Morgan fingerprint density at radius 2 is 2.00 bits per heavy atom. The molecule has 130 valence electrons. The third-order valence-electron chi connectivity index (χ3n) is 5.12. The van der Waals surface area contributed by atoms with E-state index in [9.17, 15) is 14.7 Å². The zero-order chi connectivity index (χ0) is 17.2. The molecule has 0 spiro atoms. The zero-order valence-electron chi connectivity index (χ0n) is 13.5. The summed E-state index contributed by atoms with van der Waals surface area (Å²) in [6.45, 7) is 0.801. The van der Waals surface area contributed by atoms with Gasteiger partial charge in [-0.25, -0.2) is 4.79 Å². The highest BCUT2D eigenvalue weighted by Gasteiger charge is 2.45. The molecule has 1 aromatic rings. The van der Waals surface area contributed by atoms with Crippen molar-refractivity contribution in [3.05, 3.63) is 34.9 Å². The Balaban J connectivity index is 1.91. The quantitative estimate of drug-likeness (QED) is 0.909. The van der Waals surface area contributed by atoms with Crippen molar-refractivity contribution in [3.8, 4) is 0 Å². The number of halogens is 1. The second-order valence-corrected chi connectivity index (χ2v) is 7.04. The Labute approximate surface area is 146 Å². The Morgan fingerprint density at radius 1 is 1.25 bits per heavy atom. The molecule has 1 heterocycles. The first-order valence-corrected chi connectivity index (χ1v) is 8.80. The molecule has 0 aromatic heterocycles. The van der Waals surface area contributed by atoms with E-state index in [0.717, 1.165) is 37.7 Å². The highest BCUT2D eigenvalue weighted by Crippen LogP contribution is 2.42. The molecule has 1 aliphatic carbocycles. The van der Waals surface area contributed by atoms with Crippen LogP contribution in [-0.2, 0) is 19.7 Å². The number of carbonyl (C=O) groups excluding carboxylic acids is 1. The standard InChI is InChI=1S/C18H22ClNO4/c19-14-6-4-5-13(11-14)18(7-2-1-3-8-18)17(23)20-9-10-24-15(12-20)16(21)22/h4-6,11,15H,1-3,7-10,12H2,(H,21,22). The number of hydrogen-bond donors (Lipinski definition) is 1. The molecule has 1 atom stereocenters. The summed E-state index contributed by atoms with van der Waals surface area (Å²) in [5.41, 5.74) is 0.349. The summed E-state index contributed by atoms with van der Waals surface area (Å²) >= 11 is 6.16. The summed E-state index contributed by atoms with van der Waals surface area (Å²) in [7, 11) is 0. The van der Waals surface area contributed by atoms with E-state index >= 15 is 0 Å². The number of carbonyl (C=O) groups is 2. The smallest absolute Gasteiger partial charge is 0.334 e. The van der Waals surface area contributed by atoms with Crippen LogP contribution >= 0.6 is 11.6 Å². The number of carboxylic acids is 1. The lowest BCUT2D eigenvalue weighted by molar-refractivity contribution is -0.161. The van der Waals surface area contributed by atoms with Gasteiger partial charge in [0, 0.05) is 11.6 Å². The first kappa shape index (κ1) is 17.2. The van der Waals surface area contributed by atoms with Crippen molar-refractivity contribution in [1.29, 1.82) is 0 Å². The topological polar surface area (TPSA) is 66.8 Å². The Bertz CT molecular complexity index is 627. The summed E-state index contributed by atoms with van der Waals surface area (Å²) in [6, 6.07) is 7.52. The summed E-state index contributed by atoms with van der Waals surface area (Å²) in [4.78, 5) is 26.3. The molecule has 1 aliphatic heterocycles. The maximum Gasteiger partial charge on any atom is 0.334 e. The molecule has 1 N–H and O–H groups in total. The first-order chi connectivity index (χ1) is 11.5. The second-order valence-electron chi connectivity index (χ2n) is 6.60. The molecule has 5 nitrogen and oxygen atoms in total. The minimum atomic E-state index is -1.02. The highest BCUT2D eigenvalue weighted by molar-refractivity contribution is 6.30. The Hall–Kier alpha value is -1.59. The van der Waals surface area contributed by atoms with E-state index in [1.54, 1.807) is 11.0 Å². The van der Waals surface area contributed by atoms with Crippen LogP contribution in [0, 0.1) is 0 Å². The van der Waals surface area contributed by atoms with Gasteiger partial charge in [0.15, 0.2) is 6.10 Å². The van der Waals surface area contributed by atoms with Crippen LogP contribution in [0.25, 0.3) is 0 Å². The zero-order valence-corrected chi connectivity index (χ0v) is 14.3. The molecule has 24 heavy (non-hydrogen) atoms. The molecule has 1 unspecified atom stereocenters. The van der Waals surface area contributed by atoms with Gasteiger partial charge in [-0.15, -0.1) is 0 Å². The molecule has 2 fully saturated rings. The average Bonchev–Trinajstić information content (AvgIpc) is 2.61. The van der Waals surface area contributed by atoms with E-state index in [2.05, 4.69) is 0 Å². The molecule has 3 rings (SSSR count). The van der Waals surface area contributed by atoms with Crippen LogP contribution in [0.4, 0.5) is 0 Å². The van der Waals surface area contributed by atoms with Crippen molar-refractivity contribution in [3.63, 3.8) is 0 Å². The highest BCUT2D eigenvalue weighted by atomic mass is 35.5. The third kappa shape index (κ3) is 3.28. The van der Waals surface area contributed by atoms with Gasteiger partial charge in [0.25, 0.3) is 0 Å². The normalized spacial score (nSPS) is 23.7. The predicted octanol–water partition coefficient (Wildman–Crippen LogP) is 2.85.